The monoisotopic (exact) mass is 192 g/mol. The van der Waals surface area contributed by atoms with Crippen molar-refractivity contribution in [3.63, 3.8) is 0 Å². The van der Waals surface area contributed by atoms with E-state index in [1.807, 2.05) is 18.2 Å². The van der Waals surface area contributed by atoms with Crippen molar-refractivity contribution in [2.75, 3.05) is 11.1 Å². The summed E-state index contributed by atoms with van der Waals surface area (Å²) in [5.74, 6) is 0. The third kappa shape index (κ3) is 1.80. The number of nitrogens with two attached hydrogens (primary N) is 1. The molecule has 2 nitrogen and oxygen atoms in total. The van der Waals surface area contributed by atoms with Crippen LogP contribution in [-0.2, 0) is 6.42 Å². The lowest BCUT2D eigenvalue weighted by molar-refractivity contribution is 0.884. The average molecular weight is 192 g/mol. The van der Waals surface area contributed by atoms with E-state index in [1.54, 1.807) is 0 Å². The number of fused-ring (bicyclic) bond motifs is 1. The van der Waals surface area contributed by atoms with Crippen LogP contribution in [-0.4, -0.2) is 4.99 Å². The van der Waals surface area contributed by atoms with Crippen molar-refractivity contribution in [2.24, 2.45) is 0 Å². The molecule has 0 radical (unpaired) electrons. The van der Waals surface area contributed by atoms with Crippen LogP contribution in [0, 0.1) is 0 Å². The minimum atomic E-state index is 0.827. The lowest BCUT2D eigenvalue weighted by Crippen LogP contribution is -2.06. The van der Waals surface area contributed by atoms with Crippen LogP contribution >= 0.6 is 12.2 Å². The van der Waals surface area contributed by atoms with Crippen molar-refractivity contribution in [2.45, 2.75) is 19.3 Å². The van der Waals surface area contributed by atoms with Gasteiger partial charge in [-0.1, -0.05) is 12.2 Å². The van der Waals surface area contributed by atoms with E-state index in [0.717, 1.165) is 35.6 Å². The highest BCUT2D eigenvalue weighted by atomic mass is 32.1. The Kier molecular flexibility index (Phi) is 2.19. The van der Waals surface area contributed by atoms with Gasteiger partial charge in [0, 0.05) is 11.4 Å². The zero-order valence-electron chi connectivity index (χ0n) is 7.34. The summed E-state index contributed by atoms with van der Waals surface area (Å²) < 4.78 is 0. The van der Waals surface area contributed by atoms with Crippen LogP contribution in [0.25, 0.3) is 0 Å². The van der Waals surface area contributed by atoms with Gasteiger partial charge in [-0.25, -0.2) is 0 Å². The summed E-state index contributed by atoms with van der Waals surface area (Å²) in [6.07, 6.45) is 3.15. The summed E-state index contributed by atoms with van der Waals surface area (Å²) in [4.78, 5) is 0.934. The molecule has 2 rings (SSSR count). The molecule has 0 amide bonds. The van der Waals surface area contributed by atoms with Crippen molar-refractivity contribution >= 4 is 28.6 Å². The highest BCUT2D eigenvalue weighted by Gasteiger charge is 2.09. The first-order valence-corrected chi connectivity index (χ1v) is 4.85. The minimum absolute atomic E-state index is 0.827. The van der Waals surface area contributed by atoms with Gasteiger partial charge < -0.3 is 11.1 Å². The van der Waals surface area contributed by atoms with Gasteiger partial charge in [0.1, 0.15) is 0 Å². The van der Waals surface area contributed by atoms with Crippen molar-refractivity contribution in [1.82, 2.24) is 0 Å². The van der Waals surface area contributed by atoms with Crippen molar-refractivity contribution < 1.29 is 0 Å². The Morgan fingerprint density at radius 1 is 1.31 bits per heavy atom. The molecule has 0 aliphatic carbocycles. The molecule has 1 aromatic rings. The molecule has 1 aliphatic rings. The lowest BCUT2D eigenvalue weighted by atomic mass is 10.1. The minimum Gasteiger partial charge on any atom is -0.399 e. The van der Waals surface area contributed by atoms with Gasteiger partial charge in [-0.05, 0) is 43.0 Å². The van der Waals surface area contributed by atoms with Crippen LogP contribution in [0.5, 0.6) is 0 Å². The zero-order chi connectivity index (χ0) is 9.26. The summed E-state index contributed by atoms with van der Waals surface area (Å²) in [5.41, 5.74) is 8.93. The quantitative estimate of drug-likeness (QED) is 0.489. The Labute approximate surface area is 83.1 Å². The molecule has 0 atom stereocenters. The molecule has 0 saturated heterocycles. The van der Waals surface area contributed by atoms with E-state index >= 15 is 0 Å². The smallest absolute Gasteiger partial charge is 0.0797 e. The Morgan fingerprint density at radius 3 is 3.00 bits per heavy atom. The Balaban J connectivity index is 2.40. The number of thiocarbonyl (C=S) groups is 1. The number of aryl methyl sites for hydroxylation is 1. The summed E-state index contributed by atoms with van der Waals surface area (Å²) >= 11 is 5.16. The van der Waals surface area contributed by atoms with Gasteiger partial charge in [0.25, 0.3) is 0 Å². The Morgan fingerprint density at radius 2 is 2.15 bits per heavy atom. The molecule has 0 fully saturated rings. The third-order valence-electron chi connectivity index (χ3n) is 2.25. The topological polar surface area (TPSA) is 38.0 Å². The van der Waals surface area contributed by atoms with Crippen LogP contribution in [0.1, 0.15) is 18.4 Å². The molecule has 0 spiro atoms. The van der Waals surface area contributed by atoms with E-state index in [0.29, 0.717) is 0 Å². The molecule has 3 N–H and O–H groups in total. The maximum Gasteiger partial charge on any atom is 0.0797 e. The lowest BCUT2D eigenvalue weighted by Gasteiger charge is -2.07. The van der Waals surface area contributed by atoms with Gasteiger partial charge in [0.15, 0.2) is 0 Å². The largest absolute Gasteiger partial charge is 0.399 e. The predicted molar refractivity (Wildman–Crippen MR) is 60.0 cm³/mol. The maximum atomic E-state index is 5.71. The van der Waals surface area contributed by atoms with Gasteiger partial charge in [0.05, 0.1) is 4.99 Å². The Bertz CT molecular complexity index is 347. The first kappa shape index (κ1) is 8.51. The number of anilines is 2. The molecule has 1 aromatic carbocycles. The fourth-order valence-electron chi connectivity index (χ4n) is 1.59. The van der Waals surface area contributed by atoms with Gasteiger partial charge in [-0.2, -0.15) is 0 Å². The van der Waals surface area contributed by atoms with Crippen molar-refractivity contribution in [3.8, 4) is 0 Å². The van der Waals surface area contributed by atoms with Crippen LogP contribution in [0.15, 0.2) is 18.2 Å². The van der Waals surface area contributed by atoms with Gasteiger partial charge in [0.2, 0.25) is 0 Å². The predicted octanol–water partition coefficient (Wildman–Crippen LogP) is 2.34. The van der Waals surface area contributed by atoms with Gasteiger partial charge in [-0.15, -0.1) is 0 Å². The van der Waals surface area contributed by atoms with Gasteiger partial charge in [-0.3, -0.25) is 0 Å². The number of benzene rings is 1. The van der Waals surface area contributed by atoms with E-state index in [-0.39, 0.29) is 0 Å². The molecule has 0 aromatic heterocycles. The first-order valence-electron chi connectivity index (χ1n) is 4.44. The number of rotatable bonds is 0. The standard InChI is InChI=1S/C10H12N2S/c11-8-4-5-9-7(6-8)2-1-3-10(13)12-9/h4-6H,1-3,11H2,(H,12,13). The molecular formula is C10H12N2S. The zero-order valence-corrected chi connectivity index (χ0v) is 8.16. The molecule has 0 saturated carbocycles. The summed E-state index contributed by atoms with van der Waals surface area (Å²) in [5, 5.41) is 3.23. The van der Waals surface area contributed by atoms with E-state index in [1.165, 1.54) is 5.56 Å². The molecule has 0 bridgehead atoms. The first-order chi connectivity index (χ1) is 6.25. The number of nitrogens with one attached hydrogen (secondary N) is 1. The highest BCUT2D eigenvalue weighted by molar-refractivity contribution is 7.80. The Hall–Kier alpha value is -1.09. The fraction of sp³-hybridized carbons (Fsp3) is 0.300. The van der Waals surface area contributed by atoms with E-state index in [4.69, 9.17) is 18.0 Å². The normalized spacial score (nSPS) is 15.8. The molecule has 13 heavy (non-hydrogen) atoms. The van der Waals surface area contributed by atoms with Crippen LogP contribution < -0.4 is 11.1 Å². The van der Waals surface area contributed by atoms with E-state index in [9.17, 15) is 0 Å². The van der Waals surface area contributed by atoms with Crippen molar-refractivity contribution in [1.29, 1.82) is 0 Å². The molecular weight excluding hydrogens is 180 g/mol. The summed E-state index contributed by atoms with van der Waals surface area (Å²) in [6.45, 7) is 0. The molecule has 1 aliphatic heterocycles. The number of hydrogen-bond acceptors (Lipinski definition) is 2. The van der Waals surface area contributed by atoms with E-state index in [2.05, 4.69) is 5.32 Å². The van der Waals surface area contributed by atoms with E-state index < -0.39 is 0 Å². The maximum absolute atomic E-state index is 5.71. The van der Waals surface area contributed by atoms with Crippen LogP contribution in [0.4, 0.5) is 11.4 Å². The highest BCUT2D eigenvalue weighted by Crippen LogP contribution is 2.24. The number of hydrogen-bond donors (Lipinski definition) is 2. The average Bonchev–Trinajstić information content (AvgIpc) is 2.25. The van der Waals surface area contributed by atoms with Crippen LogP contribution in [0.2, 0.25) is 0 Å². The number of nitrogen functional groups attached to an aromatic ring is 1. The third-order valence-corrected chi connectivity index (χ3v) is 2.56. The fourth-order valence-corrected chi connectivity index (χ4v) is 1.85. The molecule has 0 unspecified atom stereocenters. The second-order valence-electron chi connectivity index (χ2n) is 3.32. The second kappa shape index (κ2) is 3.34. The molecule has 1 heterocycles. The summed E-state index contributed by atoms with van der Waals surface area (Å²) in [6, 6.07) is 5.93. The molecule has 68 valence electrons. The van der Waals surface area contributed by atoms with Crippen LogP contribution in [0.3, 0.4) is 0 Å². The molecule has 3 heteroatoms. The SMILES string of the molecule is Nc1ccc2c(c1)CCCC(=S)N2. The summed E-state index contributed by atoms with van der Waals surface area (Å²) in [7, 11) is 0. The van der Waals surface area contributed by atoms with Gasteiger partial charge >= 0.3 is 0 Å². The second-order valence-corrected chi connectivity index (χ2v) is 3.81. The van der Waals surface area contributed by atoms with Crippen molar-refractivity contribution in [3.05, 3.63) is 23.8 Å².